The molecule has 0 aromatic rings. The molecule has 4 unspecified atom stereocenters. The molecule has 0 aromatic heterocycles. The van der Waals surface area contributed by atoms with E-state index in [0.29, 0.717) is 6.42 Å². The molecule has 5 N–H and O–H groups in total. The predicted molar refractivity (Wildman–Crippen MR) is 55.6 cm³/mol. The largest absolute Gasteiger partial charge is 0.394 e. The fourth-order valence-corrected chi connectivity index (χ4v) is 1.20. The van der Waals surface area contributed by atoms with E-state index in [1.54, 1.807) is 6.92 Å². The summed E-state index contributed by atoms with van der Waals surface area (Å²) >= 11 is 0. The number of rotatable bonds is 7. The van der Waals surface area contributed by atoms with Crippen molar-refractivity contribution in [2.75, 3.05) is 6.61 Å². The minimum Gasteiger partial charge on any atom is -0.394 e. The van der Waals surface area contributed by atoms with Crippen LogP contribution in [-0.4, -0.2) is 62.3 Å². The van der Waals surface area contributed by atoms with E-state index < -0.39 is 30.5 Å². The van der Waals surface area contributed by atoms with Crippen LogP contribution < -0.4 is 0 Å². The molecule has 16 heavy (non-hydrogen) atoms. The monoisotopic (exact) mass is 234 g/mol. The lowest BCUT2D eigenvalue weighted by atomic mass is 9.87. The van der Waals surface area contributed by atoms with E-state index in [1.165, 1.54) is 6.08 Å². The Kier molecular flexibility index (Phi) is 6.39. The Labute approximate surface area is 93.5 Å². The maximum atomic E-state index is 10.4. The van der Waals surface area contributed by atoms with Gasteiger partial charge in [-0.1, -0.05) is 19.1 Å². The first-order valence-electron chi connectivity index (χ1n) is 4.94. The number of allylic oxidation sites excluding steroid dienone is 1. The van der Waals surface area contributed by atoms with Crippen LogP contribution in [0.3, 0.4) is 0 Å². The van der Waals surface area contributed by atoms with Crippen LogP contribution >= 0.6 is 0 Å². The van der Waals surface area contributed by atoms with Gasteiger partial charge in [0.2, 0.25) is 0 Å². The molecule has 4 atom stereocenters. The molecule has 0 rings (SSSR count). The van der Waals surface area contributed by atoms with Gasteiger partial charge in [0.05, 0.1) is 6.61 Å². The van der Waals surface area contributed by atoms with E-state index in [0.717, 1.165) is 6.08 Å². The number of carbonyl (C=O) groups is 1. The Balaban J connectivity index is 5.05. The zero-order chi connectivity index (χ0) is 12.8. The number of hydrogen-bond acceptors (Lipinski definition) is 6. The summed E-state index contributed by atoms with van der Waals surface area (Å²) in [7, 11) is 0. The predicted octanol–water partition coefficient (Wildman–Crippen LogP) is -2.04. The van der Waals surface area contributed by atoms with Crippen molar-refractivity contribution in [3.8, 4) is 0 Å². The fourth-order valence-electron chi connectivity index (χ4n) is 1.20. The van der Waals surface area contributed by atoms with Crippen molar-refractivity contribution in [1.29, 1.82) is 0 Å². The van der Waals surface area contributed by atoms with Crippen molar-refractivity contribution in [3.63, 3.8) is 0 Å². The van der Waals surface area contributed by atoms with Gasteiger partial charge in [-0.15, -0.1) is 0 Å². The molecular formula is C10H18O6. The first-order valence-corrected chi connectivity index (χ1v) is 4.94. The Bertz CT molecular complexity index is 241. The van der Waals surface area contributed by atoms with Crippen molar-refractivity contribution in [2.24, 2.45) is 0 Å². The van der Waals surface area contributed by atoms with Crippen LogP contribution in [0.5, 0.6) is 0 Å². The molecule has 0 amide bonds. The van der Waals surface area contributed by atoms with Crippen LogP contribution in [-0.2, 0) is 4.79 Å². The third-order valence-corrected chi connectivity index (χ3v) is 2.25. The van der Waals surface area contributed by atoms with E-state index in [9.17, 15) is 25.2 Å². The molecule has 0 fully saturated rings. The third kappa shape index (κ3) is 3.36. The Morgan fingerprint density at radius 2 is 1.88 bits per heavy atom. The van der Waals surface area contributed by atoms with Gasteiger partial charge in [0, 0.05) is 0 Å². The summed E-state index contributed by atoms with van der Waals surface area (Å²) in [6, 6.07) is 0. The Morgan fingerprint density at radius 1 is 1.31 bits per heavy atom. The topological polar surface area (TPSA) is 118 Å². The molecule has 0 saturated heterocycles. The summed E-state index contributed by atoms with van der Waals surface area (Å²) in [6.45, 7) is 0.952. The smallest absolute Gasteiger partial charge is 0.151 e. The highest BCUT2D eigenvalue weighted by molar-refractivity contribution is 5.59. The molecule has 6 heteroatoms. The molecule has 0 aliphatic heterocycles. The molecular weight excluding hydrogens is 216 g/mol. The summed E-state index contributed by atoms with van der Waals surface area (Å²) in [6.07, 6.45) is -2.37. The second kappa shape index (κ2) is 6.72. The Hall–Kier alpha value is -0.790. The molecule has 0 heterocycles. The van der Waals surface area contributed by atoms with Crippen LogP contribution in [0.1, 0.15) is 13.3 Å². The molecule has 0 radical (unpaired) electrons. The highest BCUT2D eigenvalue weighted by atomic mass is 16.4. The zero-order valence-electron chi connectivity index (χ0n) is 9.02. The number of aliphatic hydroxyl groups is 5. The quantitative estimate of drug-likeness (QED) is 0.256. The minimum absolute atomic E-state index is 0.0489. The first kappa shape index (κ1) is 15.2. The molecule has 0 saturated carbocycles. The van der Waals surface area contributed by atoms with E-state index in [4.69, 9.17) is 5.11 Å². The third-order valence-electron chi connectivity index (χ3n) is 2.25. The van der Waals surface area contributed by atoms with Gasteiger partial charge >= 0.3 is 0 Å². The Morgan fingerprint density at radius 3 is 2.25 bits per heavy atom. The molecule has 0 aromatic carbocycles. The van der Waals surface area contributed by atoms with Gasteiger partial charge in [0.15, 0.2) is 6.29 Å². The van der Waals surface area contributed by atoms with Gasteiger partial charge in [-0.05, 0) is 6.42 Å². The summed E-state index contributed by atoms with van der Waals surface area (Å²) in [4.78, 5) is 10.4. The van der Waals surface area contributed by atoms with E-state index in [-0.39, 0.29) is 6.29 Å². The second-order valence-corrected chi connectivity index (χ2v) is 3.47. The first-order chi connectivity index (χ1) is 7.43. The lowest BCUT2D eigenvalue weighted by Gasteiger charge is -2.34. The van der Waals surface area contributed by atoms with E-state index in [2.05, 4.69) is 0 Å². The standard InChI is InChI=1S/C10H18O6/c1-2-3-4-10(16,8(14)6-12)9(15)7(13)5-11/h3-4,6-9,11,13-16H,2,5H2,1H3. The zero-order valence-corrected chi connectivity index (χ0v) is 9.02. The second-order valence-electron chi connectivity index (χ2n) is 3.47. The summed E-state index contributed by atoms with van der Waals surface area (Å²) in [5.41, 5.74) is -2.31. The molecule has 6 nitrogen and oxygen atoms in total. The van der Waals surface area contributed by atoms with E-state index >= 15 is 0 Å². The maximum Gasteiger partial charge on any atom is 0.151 e. The summed E-state index contributed by atoms with van der Waals surface area (Å²) < 4.78 is 0. The molecule has 0 spiro atoms. The van der Waals surface area contributed by atoms with Crippen LogP contribution in [0.25, 0.3) is 0 Å². The normalized spacial score (nSPS) is 21.4. The SMILES string of the molecule is CCC=CC(O)(C(O)C=O)C(O)C(O)CO. The van der Waals surface area contributed by atoms with Gasteiger partial charge < -0.3 is 30.3 Å². The molecule has 0 bridgehead atoms. The van der Waals surface area contributed by atoms with Gasteiger partial charge in [0.1, 0.15) is 23.9 Å². The highest BCUT2D eigenvalue weighted by Gasteiger charge is 2.43. The summed E-state index contributed by atoms with van der Waals surface area (Å²) in [5.74, 6) is 0. The van der Waals surface area contributed by atoms with Crippen LogP contribution in [0.2, 0.25) is 0 Å². The summed E-state index contributed by atoms with van der Waals surface area (Å²) in [5, 5.41) is 46.5. The van der Waals surface area contributed by atoms with Crippen LogP contribution in [0.4, 0.5) is 0 Å². The van der Waals surface area contributed by atoms with Crippen molar-refractivity contribution >= 4 is 6.29 Å². The number of hydrogen-bond donors (Lipinski definition) is 5. The van der Waals surface area contributed by atoms with Crippen LogP contribution in [0.15, 0.2) is 12.2 Å². The van der Waals surface area contributed by atoms with Gasteiger partial charge in [-0.3, -0.25) is 0 Å². The van der Waals surface area contributed by atoms with Crippen molar-refractivity contribution in [1.82, 2.24) is 0 Å². The van der Waals surface area contributed by atoms with Gasteiger partial charge in [-0.2, -0.15) is 0 Å². The molecule has 94 valence electrons. The fraction of sp³-hybridized carbons (Fsp3) is 0.700. The van der Waals surface area contributed by atoms with Gasteiger partial charge in [-0.25, -0.2) is 0 Å². The molecule has 0 aliphatic carbocycles. The lowest BCUT2D eigenvalue weighted by Crippen LogP contribution is -2.56. The average Bonchev–Trinajstić information content (AvgIpc) is 2.32. The highest BCUT2D eigenvalue weighted by Crippen LogP contribution is 2.20. The number of carbonyl (C=O) groups excluding carboxylic acids is 1. The average molecular weight is 234 g/mol. The van der Waals surface area contributed by atoms with Crippen molar-refractivity contribution < 1.29 is 30.3 Å². The van der Waals surface area contributed by atoms with Crippen molar-refractivity contribution in [3.05, 3.63) is 12.2 Å². The van der Waals surface area contributed by atoms with Gasteiger partial charge in [0.25, 0.3) is 0 Å². The maximum absolute atomic E-state index is 10.4. The lowest BCUT2D eigenvalue weighted by molar-refractivity contribution is -0.161. The van der Waals surface area contributed by atoms with E-state index in [1.807, 2.05) is 0 Å². The molecule has 0 aliphatic rings. The number of aliphatic hydroxyl groups excluding tert-OH is 4. The van der Waals surface area contributed by atoms with Crippen molar-refractivity contribution in [2.45, 2.75) is 37.3 Å². The minimum atomic E-state index is -2.31. The van der Waals surface area contributed by atoms with Crippen LogP contribution in [0, 0.1) is 0 Å². The number of aldehydes is 1.